The fraction of sp³-hybridized carbons (Fsp3) is 0.429. The van der Waals surface area contributed by atoms with Crippen molar-refractivity contribution < 1.29 is 14.5 Å². The van der Waals surface area contributed by atoms with Gasteiger partial charge in [0.15, 0.2) is 6.61 Å². The lowest BCUT2D eigenvalue weighted by atomic mass is 9.72. The van der Waals surface area contributed by atoms with E-state index < -0.39 is 4.92 Å². The SMILES string of the molecule is CC(C)(C)[C@@H]1CCc2c(sc(NC(=O)COc3ccc([N+](=O)[O-])cc3)c2C#N)C1. The fourth-order valence-electron chi connectivity index (χ4n) is 3.51. The van der Waals surface area contributed by atoms with E-state index in [9.17, 15) is 20.2 Å². The van der Waals surface area contributed by atoms with Gasteiger partial charge in [0.2, 0.25) is 0 Å². The Hall–Kier alpha value is -2.92. The summed E-state index contributed by atoms with van der Waals surface area (Å²) in [5.74, 6) is 0.546. The largest absolute Gasteiger partial charge is 0.484 e. The maximum atomic E-state index is 12.3. The summed E-state index contributed by atoms with van der Waals surface area (Å²) in [6.07, 6.45) is 2.82. The highest BCUT2D eigenvalue weighted by Gasteiger charge is 2.32. The van der Waals surface area contributed by atoms with Crippen molar-refractivity contribution in [2.24, 2.45) is 11.3 Å². The lowest BCUT2D eigenvalue weighted by molar-refractivity contribution is -0.384. The molecule has 1 amide bonds. The van der Waals surface area contributed by atoms with Crippen LogP contribution in [-0.4, -0.2) is 17.4 Å². The molecule has 0 aliphatic heterocycles. The molecule has 1 N–H and O–H groups in total. The van der Waals surface area contributed by atoms with E-state index in [4.69, 9.17) is 4.74 Å². The number of non-ortho nitro benzene ring substituents is 1. The van der Waals surface area contributed by atoms with Gasteiger partial charge in [-0.15, -0.1) is 11.3 Å². The van der Waals surface area contributed by atoms with Gasteiger partial charge in [-0.25, -0.2) is 0 Å². The summed E-state index contributed by atoms with van der Waals surface area (Å²) in [5, 5.41) is 23.6. The van der Waals surface area contributed by atoms with Crippen molar-refractivity contribution in [2.45, 2.75) is 40.0 Å². The Labute approximate surface area is 173 Å². The Morgan fingerprint density at radius 1 is 1.38 bits per heavy atom. The van der Waals surface area contributed by atoms with Gasteiger partial charge in [0.05, 0.1) is 10.5 Å². The van der Waals surface area contributed by atoms with E-state index in [1.165, 1.54) is 40.5 Å². The molecule has 1 heterocycles. The predicted molar refractivity (Wildman–Crippen MR) is 111 cm³/mol. The van der Waals surface area contributed by atoms with Gasteiger partial charge in [-0.05, 0) is 48.3 Å². The van der Waals surface area contributed by atoms with Crippen LogP contribution in [0.2, 0.25) is 0 Å². The lowest BCUT2D eigenvalue weighted by Gasteiger charge is -2.33. The second-order valence-electron chi connectivity index (χ2n) is 8.21. The van der Waals surface area contributed by atoms with Gasteiger partial charge in [-0.3, -0.25) is 14.9 Å². The monoisotopic (exact) mass is 413 g/mol. The minimum atomic E-state index is -0.497. The number of fused-ring (bicyclic) bond motifs is 1. The number of carbonyl (C=O) groups is 1. The van der Waals surface area contributed by atoms with Crippen LogP contribution >= 0.6 is 11.3 Å². The first-order valence-corrected chi connectivity index (χ1v) is 10.2. The fourth-order valence-corrected chi connectivity index (χ4v) is 4.80. The zero-order valence-electron chi connectivity index (χ0n) is 16.7. The Morgan fingerprint density at radius 3 is 2.66 bits per heavy atom. The van der Waals surface area contributed by atoms with E-state index in [1.54, 1.807) is 0 Å². The number of nitro benzene ring substituents is 1. The van der Waals surface area contributed by atoms with Crippen LogP contribution in [0.3, 0.4) is 0 Å². The predicted octanol–water partition coefficient (Wildman–Crippen LogP) is 4.70. The average molecular weight is 413 g/mol. The maximum absolute atomic E-state index is 12.3. The topological polar surface area (TPSA) is 105 Å². The van der Waals surface area contributed by atoms with Crippen molar-refractivity contribution >= 4 is 27.9 Å². The third kappa shape index (κ3) is 4.74. The zero-order chi connectivity index (χ0) is 21.2. The lowest BCUT2D eigenvalue weighted by Crippen LogP contribution is -2.26. The highest BCUT2D eigenvalue weighted by Crippen LogP contribution is 2.43. The molecule has 7 nitrogen and oxygen atoms in total. The molecule has 1 aromatic carbocycles. The first-order chi connectivity index (χ1) is 13.7. The number of anilines is 1. The van der Waals surface area contributed by atoms with Gasteiger partial charge in [-0.2, -0.15) is 5.26 Å². The number of nitrogens with one attached hydrogen (secondary N) is 1. The molecule has 0 unspecified atom stereocenters. The summed E-state index contributed by atoms with van der Waals surface area (Å²) in [5.41, 5.74) is 1.78. The number of benzene rings is 1. The Kier molecular flexibility index (Phi) is 5.89. The number of hydrogen-bond donors (Lipinski definition) is 1. The molecule has 1 aliphatic rings. The number of hydrogen-bond acceptors (Lipinski definition) is 6. The average Bonchev–Trinajstić information content (AvgIpc) is 3.02. The van der Waals surface area contributed by atoms with E-state index in [0.29, 0.717) is 22.2 Å². The quantitative estimate of drug-likeness (QED) is 0.565. The van der Waals surface area contributed by atoms with Crippen LogP contribution in [0.25, 0.3) is 0 Å². The van der Waals surface area contributed by atoms with Crippen LogP contribution in [0.1, 0.15) is 43.2 Å². The third-order valence-corrected chi connectivity index (χ3v) is 6.44. The molecule has 1 aromatic heterocycles. The van der Waals surface area contributed by atoms with Crippen molar-refractivity contribution in [3.8, 4) is 11.8 Å². The van der Waals surface area contributed by atoms with Crippen LogP contribution in [0.5, 0.6) is 5.75 Å². The smallest absolute Gasteiger partial charge is 0.269 e. The highest BCUT2D eigenvalue weighted by atomic mass is 32.1. The molecule has 2 aromatic rings. The number of carbonyl (C=O) groups excluding carboxylic acids is 1. The number of nitrogens with zero attached hydrogens (tertiary/aromatic N) is 2. The molecule has 0 spiro atoms. The zero-order valence-corrected chi connectivity index (χ0v) is 17.5. The van der Waals surface area contributed by atoms with Crippen molar-refractivity contribution in [1.82, 2.24) is 0 Å². The molecule has 0 radical (unpaired) electrons. The van der Waals surface area contributed by atoms with E-state index in [1.807, 2.05) is 0 Å². The molecule has 1 atom stereocenters. The van der Waals surface area contributed by atoms with Crippen LogP contribution < -0.4 is 10.1 Å². The summed E-state index contributed by atoms with van der Waals surface area (Å²) in [6, 6.07) is 7.78. The molecule has 0 saturated carbocycles. The number of thiophene rings is 1. The van der Waals surface area contributed by atoms with Gasteiger partial charge < -0.3 is 10.1 Å². The Morgan fingerprint density at radius 2 is 2.07 bits per heavy atom. The number of nitro groups is 1. The van der Waals surface area contributed by atoms with Crippen LogP contribution in [0.4, 0.5) is 10.7 Å². The van der Waals surface area contributed by atoms with E-state index in [-0.39, 0.29) is 23.6 Å². The molecule has 0 fully saturated rings. The van der Waals surface area contributed by atoms with Crippen LogP contribution in [0, 0.1) is 32.8 Å². The van der Waals surface area contributed by atoms with Gasteiger partial charge in [0, 0.05) is 17.0 Å². The Balaban J connectivity index is 1.66. The summed E-state index contributed by atoms with van der Waals surface area (Å²) in [4.78, 5) is 23.7. The summed E-state index contributed by atoms with van der Waals surface area (Å²) < 4.78 is 5.40. The molecular formula is C21H23N3O4S. The van der Waals surface area contributed by atoms with Gasteiger partial charge in [0.1, 0.15) is 16.8 Å². The Bertz CT molecular complexity index is 968. The summed E-state index contributed by atoms with van der Waals surface area (Å²) >= 11 is 1.48. The molecule has 3 rings (SSSR count). The molecule has 1 aliphatic carbocycles. The second kappa shape index (κ2) is 8.21. The number of ether oxygens (including phenoxy) is 1. The van der Waals surface area contributed by atoms with Gasteiger partial charge in [0.25, 0.3) is 11.6 Å². The number of amides is 1. The van der Waals surface area contributed by atoms with Crippen LogP contribution in [-0.2, 0) is 17.6 Å². The molecule has 0 bridgehead atoms. The summed E-state index contributed by atoms with van der Waals surface area (Å²) in [7, 11) is 0. The second-order valence-corrected chi connectivity index (χ2v) is 9.32. The highest BCUT2D eigenvalue weighted by molar-refractivity contribution is 7.16. The standard InChI is InChI=1S/C21H23N3O4S/c1-21(2,3)13-4-9-16-17(11-22)20(29-18(16)10-13)23-19(25)12-28-15-7-5-14(6-8-15)24(26)27/h5-8,13H,4,9-10,12H2,1-3H3,(H,23,25)/t13-/m1/s1. The third-order valence-electron chi connectivity index (χ3n) is 5.27. The number of rotatable bonds is 5. The van der Waals surface area contributed by atoms with E-state index in [0.717, 1.165) is 24.8 Å². The molecule has 152 valence electrons. The van der Waals surface area contributed by atoms with Crippen molar-refractivity contribution in [3.05, 3.63) is 50.4 Å². The normalized spacial score (nSPS) is 15.9. The van der Waals surface area contributed by atoms with Gasteiger partial charge in [-0.1, -0.05) is 20.8 Å². The minimum Gasteiger partial charge on any atom is -0.484 e. The van der Waals surface area contributed by atoms with Crippen molar-refractivity contribution in [3.63, 3.8) is 0 Å². The minimum absolute atomic E-state index is 0.0433. The van der Waals surface area contributed by atoms with Gasteiger partial charge >= 0.3 is 0 Å². The molecule has 0 saturated heterocycles. The maximum Gasteiger partial charge on any atom is 0.269 e. The van der Waals surface area contributed by atoms with E-state index in [2.05, 4.69) is 32.2 Å². The first-order valence-electron chi connectivity index (χ1n) is 9.40. The van der Waals surface area contributed by atoms with Crippen LogP contribution in [0.15, 0.2) is 24.3 Å². The van der Waals surface area contributed by atoms with Crippen molar-refractivity contribution in [2.75, 3.05) is 11.9 Å². The first kappa shape index (κ1) is 20.8. The van der Waals surface area contributed by atoms with Crippen molar-refractivity contribution in [1.29, 1.82) is 5.26 Å². The molecule has 29 heavy (non-hydrogen) atoms. The molecule has 8 heteroatoms. The summed E-state index contributed by atoms with van der Waals surface area (Å²) in [6.45, 7) is 6.47. The molecular weight excluding hydrogens is 390 g/mol. The number of nitriles is 1. The van der Waals surface area contributed by atoms with E-state index >= 15 is 0 Å².